The number of alkyl halides is 3. The molecule has 1 N–H and O–H groups in total. The first-order valence-corrected chi connectivity index (χ1v) is 12.2. The SMILES string of the molecule is O=C(NC1CCN(C2CCCCCC2)C1)C1CCN(c2ncc(C(F)(F)F)cc2Cl)CC1. The molecule has 3 heterocycles. The average molecular weight is 473 g/mol. The van der Waals surface area contributed by atoms with Crippen LogP contribution in [0.3, 0.4) is 0 Å². The lowest BCUT2D eigenvalue weighted by Gasteiger charge is -2.33. The summed E-state index contributed by atoms with van der Waals surface area (Å²) in [4.78, 5) is 21.2. The second-order valence-corrected chi connectivity index (χ2v) is 9.83. The molecule has 32 heavy (non-hydrogen) atoms. The van der Waals surface area contributed by atoms with E-state index in [0.29, 0.717) is 37.8 Å². The van der Waals surface area contributed by atoms with Crippen LogP contribution in [0.1, 0.15) is 63.4 Å². The van der Waals surface area contributed by atoms with Crippen molar-refractivity contribution in [2.75, 3.05) is 31.1 Å². The minimum Gasteiger partial charge on any atom is -0.355 e. The molecule has 3 fully saturated rings. The van der Waals surface area contributed by atoms with Crippen LogP contribution in [0.25, 0.3) is 0 Å². The van der Waals surface area contributed by atoms with Crippen LogP contribution in [-0.4, -0.2) is 54.1 Å². The van der Waals surface area contributed by atoms with Crippen molar-refractivity contribution in [3.8, 4) is 0 Å². The molecule has 1 aromatic rings. The molecule has 9 heteroatoms. The maximum absolute atomic E-state index is 12.8. The first-order valence-electron chi connectivity index (χ1n) is 11.8. The lowest BCUT2D eigenvalue weighted by atomic mass is 9.95. The Hall–Kier alpha value is -1.54. The fourth-order valence-corrected chi connectivity index (χ4v) is 5.64. The van der Waals surface area contributed by atoms with Gasteiger partial charge in [0.05, 0.1) is 10.6 Å². The zero-order chi connectivity index (χ0) is 22.7. The highest BCUT2D eigenvalue weighted by Gasteiger charge is 2.34. The van der Waals surface area contributed by atoms with Crippen molar-refractivity contribution >= 4 is 23.3 Å². The number of rotatable bonds is 4. The zero-order valence-electron chi connectivity index (χ0n) is 18.3. The number of nitrogens with one attached hydrogen (secondary N) is 1. The molecule has 0 radical (unpaired) electrons. The molecular formula is C23H32ClF3N4O. The van der Waals surface area contributed by atoms with Crippen LogP contribution in [0.4, 0.5) is 19.0 Å². The summed E-state index contributed by atoms with van der Waals surface area (Å²) in [6, 6.07) is 1.81. The molecule has 178 valence electrons. The van der Waals surface area contributed by atoms with Crippen molar-refractivity contribution in [1.29, 1.82) is 0 Å². The Balaban J connectivity index is 1.25. The van der Waals surface area contributed by atoms with E-state index in [4.69, 9.17) is 11.6 Å². The number of hydrogen-bond acceptors (Lipinski definition) is 4. The third kappa shape index (κ3) is 5.68. The van der Waals surface area contributed by atoms with Crippen molar-refractivity contribution in [2.45, 2.75) is 76.0 Å². The molecule has 1 aliphatic carbocycles. The first kappa shape index (κ1) is 23.6. The molecule has 1 aromatic heterocycles. The van der Waals surface area contributed by atoms with Gasteiger partial charge in [-0.25, -0.2) is 4.98 Å². The summed E-state index contributed by atoms with van der Waals surface area (Å²) in [5.74, 6) is 0.378. The van der Waals surface area contributed by atoms with Crippen LogP contribution < -0.4 is 10.2 Å². The van der Waals surface area contributed by atoms with Crippen LogP contribution in [0.5, 0.6) is 0 Å². The summed E-state index contributed by atoms with van der Waals surface area (Å²) in [7, 11) is 0. The van der Waals surface area contributed by atoms with Crippen LogP contribution in [0.15, 0.2) is 12.3 Å². The maximum Gasteiger partial charge on any atom is 0.417 e. The summed E-state index contributed by atoms with van der Waals surface area (Å²) in [5.41, 5.74) is -0.852. The number of hydrogen-bond donors (Lipinski definition) is 1. The average Bonchev–Trinajstić information content (AvgIpc) is 3.05. The van der Waals surface area contributed by atoms with E-state index >= 15 is 0 Å². The molecule has 3 aliphatic rings. The predicted molar refractivity (Wildman–Crippen MR) is 119 cm³/mol. The Labute approximate surface area is 192 Å². The fourth-order valence-electron chi connectivity index (χ4n) is 5.35. The predicted octanol–water partition coefficient (Wildman–Crippen LogP) is 4.88. The summed E-state index contributed by atoms with van der Waals surface area (Å²) >= 11 is 6.08. The van der Waals surface area contributed by atoms with Crippen LogP contribution >= 0.6 is 11.6 Å². The number of aromatic nitrogens is 1. The smallest absolute Gasteiger partial charge is 0.355 e. The molecule has 1 unspecified atom stereocenters. The molecule has 0 bridgehead atoms. The van der Waals surface area contributed by atoms with Crippen molar-refractivity contribution in [2.24, 2.45) is 5.92 Å². The number of amides is 1. The molecule has 2 aliphatic heterocycles. The van der Waals surface area contributed by atoms with Crippen molar-refractivity contribution < 1.29 is 18.0 Å². The van der Waals surface area contributed by atoms with Crippen LogP contribution in [-0.2, 0) is 11.0 Å². The quantitative estimate of drug-likeness (QED) is 0.634. The number of halogens is 4. The largest absolute Gasteiger partial charge is 0.417 e. The highest BCUT2D eigenvalue weighted by molar-refractivity contribution is 6.33. The van der Waals surface area contributed by atoms with E-state index in [9.17, 15) is 18.0 Å². The summed E-state index contributed by atoms with van der Waals surface area (Å²) in [6.07, 6.45) is 6.52. The number of carbonyl (C=O) groups excluding carboxylic acids is 1. The highest BCUT2D eigenvalue weighted by atomic mass is 35.5. The number of nitrogens with zero attached hydrogens (tertiary/aromatic N) is 3. The van der Waals surface area contributed by atoms with E-state index in [2.05, 4.69) is 15.2 Å². The van der Waals surface area contributed by atoms with Gasteiger partial charge in [0.2, 0.25) is 5.91 Å². The van der Waals surface area contributed by atoms with Gasteiger partial charge in [-0.3, -0.25) is 9.69 Å². The molecule has 1 saturated carbocycles. The van der Waals surface area contributed by atoms with E-state index in [1.54, 1.807) is 0 Å². The summed E-state index contributed by atoms with van der Waals surface area (Å²) in [6.45, 7) is 3.11. The van der Waals surface area contributed by atoms with Gasteiger partial charge < -0.3 is 10.2 Å². The molecule has 0 aromatic carbocycles. The molecule has 2 saturated heterocycles. The van der Waals surface area contributed by atoms with Gasteiger partial charge in [0.25, 0.3) is 0 Å². The van der Waals surface area contributed by atoms with E-state index in [-0.39, 0.29) is 22.9 Å². The summed E-state index contributed by atoms with van der Waals surface area (Å²) in [5, 5.41) is 3.25. The molecule has 1 amide bonds. The standard InChI is InChI=1S/C23H32ClF3N4O/c24-20-13-17(23(25,26)27)14-28-21(20)30-10-7-16(8-11-30)22(32)29-18-9-12-31(15-18)19-5-3-1-2-4-6-19/h13-14,16,18-19H,1-12,15H2,(H,29,32). The Morgan fingerprint density at radius 1 is 1.03 bits per heavy atom. The van der Waals surface area contributed by atoms with Gasteiger partial charge in [-0.15, -0.1) is 0 Å². The molecule has 0 spiro atoms. The van der Waals surface area contributed by atoms with Crippen molar-refractivity contribution in [3.05, 3.63) is 22.8 Å². The topological polar surface area (TPSA) is 48.5 Å². The van der Waals surface area contributed by atoms with Crippen molar-refractivity contribution in [1.82, 2.24) is 15.2 Å². The van der Waals surface area contributed by atoms with Gasteiger partial charge in [-0.05, 0) is 38.2 Å². The second-order valence-electron chi connectivity index (χ2n) is 9.42. The minimum atomic E-state index is -4.47. The van der Waals surface area contributed by atoms with Gasteiger partial charge >= 0.3 is 6.18 Å². The highest BCUT2D eigenvalue weighted by Crippen LogP contribution is 2.34. The first-order chi connectivity index (χ1) is 15.3. The van der Waals surface area contributed by atoms with E-state index < -0.39 is 11.7 Å². The zero-order valence-corrected chi connectivity index (χ0v) is 19.1. The molecule has 4 rings (SSSR count). The number of pyridine rings is 1. The number of anilines is 1. The second kappa shape index (κ2) is 10.2. The van der Waals surface area contributed by atoms with Crippen LogP contribution in [0.2, 0.25) is 5.02 Å². The number of carbonyl (C=O) groups is 1. The lowest BCUT2D eigenvalue weighted by Crippen LogP contribution is -2.45. The normalized spacial score (nSPS) is 24.5. The maximum atomic E-state index is 12.8. The van der Waals surface area contributed by atoms with Gasteiger partial charge in [0, 0.05) is 50.4 Å². The minimum absolute atomic E-state index is 0.00714. The molecule has 5 nitrogen and oxygen atoms in total. The lowest BCUT2D eigenvalue weighted by molar-refractivity contribution is -0.137. The third-order valence-electron chi connectivity index (χ3n) is 7.22. The Morgan fingerprint density at radius 3 is 2.34 bits per heavy atom. The van der Waals surface area contributed by atoms with Crippen molar-refractivity contribution in [3.63, 3.8) is 0 Å². The van der Waals surface area contributed by atoms with E-state index in [1.165, 1.54) is 38.5 Å². The molecule has 1 atom stereocenters. The fraction of sp³-hybridized carbons (Fsp3) is 0.739. The van der Waals surface area contributed by atoms with Gasteiger partial charge in [-0.1, -0.05) is 37.3 Å². The van der Waals surface area contributed by atoms with E-state index in [0.717, 1.165) is 31.8 Å². The Morgan fingerprint density at radius 2 is 1.72 bits per heavy atom. The summed E-state index contributed by atoms with van der Waals surface area (Å²) < 4.78 is 38.5. The molecular weight excluding hydrogens is 441 g/mol. The van der Waals surface area contributed by atoms with E-state index in [1.807, 2.05) is 4.90 Å². The monoisotopic (exact) mass is 472 g/mol. The number of piperidine rings is 1. The van der Waals surface area contributed by atoms with Gasteiger partial charge in [0.1, 0.15) is 5.82 Å². The third-order valence-corrected chi connectivity index (χ3v) is 7.50. The number of likely N-dealkylation sites (tertiary alicyclic amines) is 1. The Kier molecular flexibility index (Phi) is 7.50. The Bertz CT molecular complexity index is 790. The van der Waals surface area contributed by atoms with Gasteiger partial charge in [-0.2, -0.15) is 13.2 Å². The van der Waals surface area contributed by atoms with Crippen LogP contribution in [0, 0.1) is 5.92 Å². The van der Waals surface area contributed by atoms with Gasteiger partial charge in [0.15, 0.2) is 0 Å².